The van der Waals surface area contributed by atoms with E-state index in [1.165, 1.54) is 12.1 Å². The van der Waals surface area contributed by atoms with Crippen molar-refractivity contribution in [1.82, 2.24) is 40.0 Å². The van der Waals surface area contributed by atoms with Gasteiger partial charge in [0.25, 0.3) is 0 Å². The second-order valence-electron chi connectivity index (χ2n) is 10.9. The molecule has 6 aromatic rings. The summed E-state index contributed by atoms with van der Waals surface area (Å²) >= 11 is 0. The van der Waals surface area contributed by atoms with E-state index in [0.29, 0.717) is 46.1 Å². The third-order valence-electron chi connectivity index (χ3n) is 7.39. The van der Waals surface area contributed by atoms with Crippen LogP contribution in [0.1, 0.15) is 0 Å². The fourth-order valence-corrected chi connectivity index (χ4v) is 5.22. The summed E-state index contributed by atoms with van der Waals surface area (Å²) in [6.45, 7) is 3.06. The van der Waals surface area contributed by atoms with E-state index >= 15 is 0 Å². The molecule has 1 saturated heterocycles. The first kappa shape index (κ1) is 26.0. The van der Waals surface area contributed by atoms with Gasteiger partial charge in [-0.3, -0.25) is 15.1 Å². The third kappa shape index (κ3) is 4.91. The molecule has 1 fully saturated rings. The minimum atomic E-state index is -0.325. The van der Waals surface area contributed by atoms with Gasteiger partial charge in [0.15, 0.2) is 0 Å². The number of likely N-dealkylation sites (N-methyl/N-ethyl adjacent to an activating group) is 1. The van der Waals surface area contributed by atoms with E-state index in [1.807, 2.05) is 44.4 Å². The van der Waals surface area contributed by atoms with Crippen LogP contribution in [0.2, 0.25) is 0 Å². The number of anilines is 2. The molecule has 12 heteroatoms. The second kappa shape index (κ2) is 10.5. The molecule has 5 aromatic heterocycles. The van der Waals surface area contributed by atoms with Crippen molar-refractivity contribution in [3.8, 4) is 34.0 Å². The van der Waals surface area contributed by atoms with Crippen LogP contribution in [-0.2, 0) is 0 Å². The number of nitrogens with zero attached hydrogens (tertiary/aromatic N) is 7. The Labute approximate surface area is 241 Å². The molecule has 7 rings (SSSR count). The van der Waals surface area contributed by atoms with E-state index in [1.54, 1.807) is 18.6 Å². The van der Waals surface area contributed by atoms with Gasteiger partial charge < -0.3 is 25.8 Å². The van der Waals surface area contributed by atoms with Crippen molar-refractivity contribution in [2.24, 2.45) is 5.73 Å². The summed E-state index contributed by atoms with van der Waals surface area (Å²) in [4.78, 5) is 26.3. The molecular weight excluding hydrogens is 533 g/mol. The molecule has 0 atom stereocenters. The third-order valence-corrected chi connectivity index (χ3v) is 7.39. The standard InChI is InChI=1S/C30H30FN11/c1-41(2)8-7-34-20-10-17(9-18(31)11-20)28-21-12-25(36-22(21)5-6-35-28)30-29-24(39-40-30)4-3-23(38-29)26-13-33-14-27(37-26)42-15-19(32)16-42/h3-6,9-14,19,34,36H,7-8,15-16,32H2,1-2H3,(H,39,40). The molecule has 0 saturated carbocycles. The van der Waals surface area contributed by atoms with Gasteiger partial charge in [-0.2, -0.15) is 5.10 Å². The van der Waals surface area contributed by atoms with Crippen LogP contribution in [-0.4, -0.2) is 86.3 Å². The molecule has 42 heavy (non-hydrogen) atoms. The fourth-order valence-electron chi connectivity index (χ4n) is 5.22. The van der Waals surface area contributed by atoms with Gasteiger partial charge in [-0.15, -0.1) is 0 Å². The Morgan fingerprint density at radius 3 is 2.74 bits per heavy atom. The highest BCUT2D eigenvalue weighted by Crippen LogP contribution is 2.34. The van der Waals surface area contributed by atoms with Crippen molar-refractivity contribution < 1.29 is 4.39 Å². The Balaban J connectivity index is 1.24. The molecule has 0 unspecified atom stereocenters. The van der Waals surface area contributed by atoms with Gasteiger partial charge in [0.2, 0.25) is 0 Å². The summed E-state index contributed by atoms with van der Waals surface area (Å²) in [6.07, 6.45) is 5.17. The monoisotopic (exact) mass is 563 g/mol. The minimum Gasteiger partial charge on any atom is -0.384 e. The highest BCUT2D eigenvalue weighted by atomic mass is 19.1. The Morgan fingerprint density at radius 1 is 1.02 bits per heavy atom. The maximum absolute atomic E-state index is 14.7. The number of rotatable bonds is 8. The van der Waals surface area contributed by atoms with Crippen LogP contribution >= 0.6 is 0 Å². The topological polar surface area (TPSA) is 141 Å². The molecule has 5 N–H and O–H groups in total. The SMILES string of the molecule is CN(C)CCNc1cc(F)cc(-c2nccc3[nH]c(-c4n[nH]c5ccc(-c6cncc(N7CC(N)C7)n6)nc45)cc23)c1. The smallest absolute Gasteiger partial charge is 0.147 e. The second-order valence-corrected chi connectivity index (χ2v) is 10.9. The molecule has 0 amide bonds. The van der Waals surface area contributed by atoms with E-state index in [0.717, 1.165) is 47.6 Å². The predicted molar refractivity (Wildman–Crippen MR) is 163 cm³/mol. The van der Waals surface area contributed by atoms with Crippen LogP contribution < -0.4 is 16.0 Å². The lowest BCUT2D eigenvalue weighted by Crippen LogP contribution is -2.56. The molecule has 1 aliphatic rings. The number of hydrogen-bond donors (Lipinski definition) is 4. The van der Waals surface area contributed by atoms with Crippen molar-refractivity contribution >= 4 is 33.4 Å². The average molecular weight is 564 g/mol. The number of aromatic amines is 2. The summed E-state index contributed by atoms with van der Waals surface area (Å²) in [7, 11) is 4.00. The zero-order valence-electron chi connectivity index (χ0n) is 23.3. The number of nitrogens with one attached hydrogen (secondary N) is 3. The Bertz CT molecular complexity index is 1900. The Kier molecular flexibility index (Phi) is 6.48. The van der Waals surface area contributed by atoms with Gasteiger partial charge in [0.1, 0.15) is 28.5 Å². The summed E-state index contributed by atoms with van der Waals surface area (Å²) in [5, 5.41) is 11.8. The zero-order chi connectivity index (χ0) is 28.8. The first-order valence-electron chi connectivity index (χ1n) is 13.8. The van der Waals surface area contributed by atoms with Gasteiger partial charge in [-0.05, 0) is 56.6 Å². The van der Waals surface area contributed by atoms with Gasteiger partial charge in [0.05, 0.1) is 35.0 Å². The first-order valence-corrected chi connectivity index (χ1v) is 13.8. The lowest BCUT2D eigenvalue weighted by molar-refractivity contribution is 0.425. The number of halogens is 1. The average Bonchev–Trinajstić information content (AvgIpc) is 3.59. The molecule has 0 bridgehead atoms. The summed E-state index contributed by atoms with van der Waals surface area (Å²) < 4.78 is 14.7. The molecule has 0 spiro atoms. The van der Waals surface area contributed by atoms with Crippen molar-refractivity contribution in [2.75, 3.05) is 50.5 Å². The maximum Gasteiger partial charge on any atom is 0.147 e. The number of hydrogen-bond acceptors (Lipinski definition) is 9. The molecule has 212 valence electrons. The van der Waals surface area contributed by atoms with Gasteiger partial charge >= 0.3 is 0 Å². The van der Waals surface area contributed by atoms with Crippen LogP contribution in [0.4, 0.5) is 15.9 Å². The van der Waals surface area contributed by atoms with E-state index in [4.69, 9.17) is 15.7 Å². The van der Waals surface area contributed by atoms with E-state index < -0.39 is 0 Å². The number of nitrogens with two attached hydrogens (primary N) is 1. The molecular formula is C30H30FN11. The normalized spacial score (nSPS) is 13.8. The Hall–Kier alpha value is -4.94. The van der Waals surface area contributed by atoms with E-state index in [9.17, 15) is 4.39 Å². The van der Waals surface area contributed by atoms with Gasteiger partial charge in [-0.25, -0.2) is 14.4 Å². The largest absolute Gasteiger partial charge is 0.384 e. The highest BCUT2D eigenvalue weighted by molar-refractivity contribution is 5.99. The highest BCUT2D eigenvalue weighted by Gasteiger charge is 2.25. The number of aromatic nitrogens is 7. The molecule has 0 radical (unpaired) electrons. The predicted octanol–water partition coefficient (Wildman–Crippen LogP) is 3.89. The fraction of sp³-hybridized carbons (Fsp3) is 0.233. The summed E-state index contributed by atoms with van der Waals surface area (Å²) in [5.41, 5.74) is 13.2. The van der Waals surface area contributed by atoms with Crippen molar-refractivity contribution in [2.45, 2.75) is 6.04 Å². The lowest BCUT2D eigenvalue weighted by Gasteiger charge is -2.37. The number of benzene rings is 1. The quantitative estimate of drug-likeness (QED) is 0.217. The van der Waals surface area contributed by atoms with Crippen LogP contribution in [0.3, 0.4) is 0 Å². The number of fused-ring (bicyclic) bond motifs is 2. The van der Waals surface area contributed by atoms with E-state index in [-0.39, 0.29) is 11.9 Å². The van der Waals surface area contributed by atoms with Crippen molar-refractivity contribution in [1.29, 1.82) is 0 Å². The number of pyridine rings is 2. The Morgan fingerprint density at radius 2 is 1.90 bits per heavy atom. The van der Waals surface area contributed by atoms with Crippen LogP contribution in [0.15, 0.2) is 61.1 Å². The van der Waals surface area contributed by atoms with Crippen molar-refractivity contribution in [3.63, 3.8) is 0 Å². The molecule has 0 aliphatic carbocycles. The minimum absolute atomic E-state index is 0.165. The molecule has 6 heterocycles. The first-order chi connectivity index (χ1) is 20.4. The zero-order valence-corrected chi connectivity index (χ0v) is 23.3. The molecule has 1 aliphatic heterocycles. The van der Waals surface area contributed by atoms with Crippen molar-refractivity contribution in [3.05, 3.63) is 66.9 Å². The number of H-pyrrole nitrogens is 2. The summed E-state index contributed by atoms with van der Waals surface area (Å²) in [6, 6.07) is 12.8. The maximum atomic E-state index is 14.7. The molecule has 11 nitrogen and oxygen atoms in total. The molecule has 1 aromatic carbocycles. The van der Waals surface area contributed by atoms with Crippen LogP contribution in [0.5, 0.6) is 0 Å². The van der Waals surface area contributed by atoms with Gasteiger partial charge in [0, 0.05) is 60.6 Å². The van der Waals surface area contributed by atoms with Crippen LogP contribution in [0, 0.1) is 5.82 Å². The summed E-state index contributed by atoms with van der Waals surface area (Å²) in [5.74, 6) is 0.459. The van der Waals surface area contributed by atoms with Crippen LogP contribution in [0.25, 0.3) is 56.0 Å². The lowest BCUT2D eigenvalue weighted by atomic mass is 10.1. The van der Waals surface area contributed by atoms with E-state index in [2.05, 4.69) is 40.3 Å². The van der Waals surface area contributed by atoms with Gasteiger partial charge in [-0.1, -0.05) is 0 Å².